The van der Waals surface area contributed by atoms with Crippen LogP contribution in [0.25, 0.3) is 10.9 Å². The number of aryl methyl sites for hydroxylation is 1. The summed E-state index contributed by atoms with van der Waals surface area (Å²) in [7, 11) is 0. The molecule has 134 valence electrons. The summed E-state index contributed by atoms with van der Waals surface area (Å²) in [5.74, 6) is -0.258. The number of carbonyl (C=O) groups is 1. The van der Waals surface area contributed by atoms with Crippen LogP contribution in [-0.2, 0) is 4.79 Å². The third-order valence-corrected chi connectivity index (χ3v) is 4.51. The van der Waals surface area contributed by atoms with Crippen LogP contribution in [0.3, 0.4) is 0 Å². The molecule has 3 aromatic rings. The lowest BCUT2D eigenvalue weighted by molar-refractivity contribution is -0.118. The van der Waals surface area contributed by atoms with Gasteiger partial charge in [-0.05, 0) is 19.1 Å². The van der Waals surface area contributed by atoms with Gasteiger partial charge in [0.15, 0.2) is 11.5 Å². The van der Waals surface area contributed by atoms with Crippen LogP contribution in [0.2, 0.25) is 0 Å². The zero-order valence-electron chi connectivity index (χ0n) is 13.8. The van der Waals surface area contributed by atoms with E-state index in [1.807, 2.05) is 0 Å². The van der Waals surface area contributed by atoms with Crippen LogP contribution >= 0.6 is 0 Å². The van der Waals surface area contributed by atoms with E-state index in [2.05, 4.69) is 15.2 Å². The normalized spacial score (nSPS) is 13.9. The van der Waals surface area contributed by atoms with E-state index in [1.54, 1.807) is 25.1 Å². The number of aromatic nitrogens is 3. The molecular formula is C17H16N4O5. The first-order valence-corrected chi connectivity index (χ1v) is 7.96. The fraction of sp³-hybridized carbons (Fsp3) is 0.235. The highest BCUT2D eigenvalue weighted by Gasteiger charge is 2.26. The van der Waals surface area contributed by atoms with Crippen LogP contribution in [0.4, 0.5) is 0 Å². The zero-order chi connectivity index (χ0) is 18.4. The van der Waals surface area contributed by atoms with Crippen molar-refractivity contribution in [3.63, 3.8) is 0 Å². The second-order valence-corrected chi connectivity index (χ2v) is 6.19. The minimum absolute atomic E-state index is 0.116. The maximum absolute atomic E-state index is 12.7. The summed E-state index contributed by atoms with van der Waals surface area (Å²) in [6, 6.07) is 5.07. The molecule has 1 aliphatic heterocycles. The molecule has 1 atom stereocenters. The van der Waals surface area contributed by atoms with Gasteiger partial charge in [-0.25, -0.2) is 0 Å². The fourth-order valence-corrected chi connectivity index (χ4v) is 3.32. The quantitative estimate of drug-likeness (QED) is 0.541. The third kappa shape index (κ3) is 2.53. The van der Waals surface area contributed by atoms with Gasteiger partial charge in [0.1, 0.15) is 0 Å². The summed E-state index contributed by atoms with van der Waals surface area (Å²) in [4.78, 5) is 39.2. The third-order valence-electron chi connectivity index (χ3n) is 4.51. The lowest BCUT2D eigenvalue weighted by atomic mass is 9.88. The molecule has 0 bridgehead atoms. The molecule has 26 heavy (non-hydrogen) atoms. The number of hydrogen-bond acceptors (Lipinski definition) is 5. The van der Waals surface area contributed by atoms with Crippen LogP contribution < -0.4 is 26.3 Å². The van der Waals surface area contributed by atoms with Crippen LogP contribution in [0.5, 0.6) is 11.5 Å². The lowest BCUT2D eigenvalue weighted by Crippen LogP contribution is -2.25. The van der Waals surface area contributed by atoms with E-state index in [0.29, 0.717) is 33.7 Å². The number of pyridine rings is 1. The summed E-state index contributed by atoms with van der Waals surface area (Å²) in [6.07, 6.45) is -0.166. The largest absolute Gasteiger partial charge is 0.454 e. The smallest absolute Gasteiger partial charge is 0.267 e. The Kier molecular flexibility index (Phi) is 3.57. The van der Waals surface area contributed by atoms with E-state index in [1.165, 1.54) is 0 Å². The molecule has 0 saturated heterocycles. The molecule has 1 amide bonds. The molecule has 0 unspecified atom stereocenters. The topological polar surface area (TPSA) is 143 Å². The van der Waals surface area contributed by atoms with Gasteiger partial charge in [0.05, 0.1) is 5.52 Å². The van der Waals surface area contributed by atoms with Crippen molar-refractivity contribution in [2.75, 3.05) is 6.79 Å². The number of H-pyrrole nitrogens is 3. The summed E-state index contributed by atoms with van der Waals surface area (Å²) in [6.45, 7) is 1.81. The van der Waals surface area contributed by atoms with Crippen LogP contribution in [0.1, 0.15) is 29.2 Å². The van der Waals surface area contributed by atoms with E-state index < -0.39 is 17.4 Å². The van der Waals surface area contributed by atoms with Gasteiger partial charge in [0.25, 0.3) is 11.1 Å². The van der Waals surface area contributed by atoms with Crippen molar-refractivity contribution in [3.05, 3.63) is 55.7 Å². The maximum Gasteiger partial charge on any atom is 0.267 e. The molecule has 0 saturated carbocycles. The fourth-order valence-electron chi connectivity index (χ4n) is 3.32. The van der Waals surface area contributed by atoms with Gasteiger partial charge in [0.2, 0.25) is 12.7 Å². The number of carbonyl (C=O) groups excluding carboxylic acids is 1. The Morgan fingerprint density at radius 1 is 1.15 bits per heavy atom. The van der Waals surface area contributed by atoms with E-state index in [0.717, 1.165) is 0 Å². The van der Waals surface area contributed by atoms with Crippen molar-refractivity contribution in [2.45, 2.75) is 19.3 Å². The van der Waals surface area contributed by atoms with Crippen LogP contribution in [-0.4, -0.2) is 27.9 Å². The van der Waals surface area contributed by atoms with Gasteiger partial charge in [-0.15, -0.1) is 0 Å². The van der Waals surface area contributed by atoms with Crippen LogP contribution in [0, 0.1) is 6.92 Å². The highest BCUT2D eigenvalue weighted by Crippen LogP contribution is 2.36. The van der Waals surface area contributed by atoms with Crippen molar-refractivity contribution in [3.8, 4) is 11.5 Å². The Labute approximate surface area is 146 Å². The zero-order valence-corrected chi connectivity index (χ0v) is 13.8. The number of ether oxygens (including phenoxy) is 2. The number of rotatable bonds is 4. The molecule has 1 aromatic carbocycles. The standard InChI is InChI=1S/C17H16N4O5/c1-7-15(17(24)21-20-7)9(4-14(18)22)10-2-8-3-12-13(26-6-25-12)5-11(8)19-16(10)23/h2-3,5,9H,4,6H2,1H3,(H2,18,22)(H,19,23)(H2,20,21,24)/t9-/m0/s1. The first-order chi connectivity index (χ1) is 12.4. The molecule has 1 aliphatic rings. The van der Waals surface area contributed by atoms with Crippen molar-refractivity contribution in [2.24, 2.45) is 5.73 Å². The predicted octanol–water partition coefficient (Wildman–Crippen LogP) is 0.589. The number of fused-ring (bicyclic) bond motifs is 2. The van der Waals surface area contributed by atoms with E-state index >= 15 is 0 Å². The molecule has 3 heterocycles. The summed E-state index contributed by atoms with van der Waals surface area (Å²) in [5.41, 5.74) is 6.29. The van der Waals surface area contributed by atoms with Gasteiger partial charge < -0.3 is 25.3 Å². The molecule has 5 N–H and O–H groups in total. The molecule has 0 spiro atoms. The minimum Gasteiger partial charge on any atom is -0.454 e. The van der Waals surface area contributed by atoms with Gasteiger partial charge >= 0.3 is 0 Å². The second-order valence-electron chi connectivity index (χ2n) is 6.19. The van der Waals surface area contributed by atoms with Gasteiger partial charge in [-0.2, -0.15) is 0 Å². The molecule has 9 nitrogen and oxygen atoms in total. The average Bonchev–Trinajstić information content (AvgIpc) is 3.16. The number of hydrogen-bond donors (Lipinski definition) is 4. The Bertz CT molecular complexity index is 1140. The number of nitrogens with two attached hydrogens (primary N) is 1. The summed E-state index contributed by atoms with van der Waals surface area (Å²) in [5, 5.41) is 5.88. The van der Waals surface area contributed by atoms with Crippen molar-refractivity contribution >= 4 is 16.8 Å². The SMILES string of the molecule is Cc1[nH][nH]c(=O)c1[C@@H](CC(N)=O)c1cc2cc3c(cc2[nH]c1=O)OCO3. The molecule has 0 aliphatic carbocycles. The Hall–Kier alpha value is -3.49. The van der Waals surface area contributed by atoms with Crippen molar-refractivity contribution < 1.29 is 14.3 Å². The summed E-state index contributed by atoms with van der Waals surface area (Å²) >= 11 is 0. The van der Waals surface area contributed by atoms with Crippen molar-refractivity contribution in [1.29, 1.82) is 0 Å². The van der Waals surface area contributed by atoms with E-state index in [-0.39, 0.29) is 24.3 Å². The van der Waals surface area contributed by atoms with E-state index in [9.17, 15) is 14.4 Å². The maximum atomic E-state index is 12.7. The predicted molar refractivity (Wildman–Crippen MR) is 92.5 cm³/mol. The number of aromatic amines is 3. The molecule has 0 radical (unpaired) electrons. The van der Waals surface area contributed by atoms with Gasteiger partial charge in [0, 0.05) is 40.6 Å². The number of amides is 1. The molecule has 4 rings (SSSR count). The molecule has 0 fully saturated rings. The molecular weight excluding hydrogens is 340 g/mol. The monoisotopic (exact) mass is 356 g/mol. The van der Waals surface area contributed by atoms with Gasteiger partial charge in [-0.3, -0.25) is 19.5 Å². The van der Waals surface area contributed by atoms with Crippen molar-refractivity contribution in [1.82, 2.24) is 15.2 Å². The number of nitrogens with one attached hydrogen (secondary N) is 3. The highest BCUT2D eigenvalue weighted by atomic mass is 16.7. The highest BCUT2D eigenvalue weighted by molar-refractivity contribution is 5.84. The Morgan fingerprint density at radius 2 is 1.88 bits per heavy atom. The second kappa shape index (κ2) is 5.80. The van der Waals surface area contributed by atoms with Gasteiger partial charge in [-0.1, -0.05) is 0 Å². The first kappa shape index (κ1) is 16.0. The summed E-state index contributed by atoms with van der Waals surface area (Å²) < 4.78 is 10.7. The first-order valence-electron chi connectivity index (χ1n) is 7.96. The Balaban J connectivity index is 1.93. The average molecular weight is 356 g/mol. The number of primary amides is 1. The lowest BCUT2D eigenvalue weighted by Gasteiger charge is -2.15. The minimum atomic E-state index is -0.763. The molecule has 9 heteroatoms. The number of benzene rings is 1. The Morgan fingerprint density at radius 3 is 2.54 bits per heavy atom. The molecule has 2 aromatic heterocycles. The van der Waals surface area contributed by atoms with E-state index in [4.69, 9.17) is 15.2 Å². The van der Waals surface area contributed by atoms with Crippen LogP contribution in [0.15, 0.2) is 27.8 Å².